The van der Waals surface area contributed by atoms with Gasteiger partial charge in [0.05, 0.1) is 58.8 Å². The fourth-order valence-electron chi connectivity index (χ4n) is 6.60. The zero-order valence-corrected chi connectivity index (χ0v) is 30.8. The molecule has 0 aliphatic rings. The van der Waals surface area contributed by atoms with Crippen LogP contribution in [-0.2, 0) is 40.3 Å². The van der Waals surface area contributed by atoms with Gasteiger partial charge in [-0.05, 0) is 76.2 Å². The first-order valence-corrected chi connectivity index (χ1v) is 17.2. The van der Waals surface area contributed by atoms with Gasteiger partial charge in [0.15, 0.2) is 0 Å². The standard InChI is InChI=1S/C36H42N12O6/c1-7-47-27(13-19(3)41-47)33(53)39-35-43(5)25-15-21(31(37)51)9-11-23(25)45(35)17-29(49)30(50)18-46-24-12-10-22(32(38)52)16-26(24)44(6)36(46)40-34(54)28-14-20(4)42-48(28)8-2/h9-16,29-30,49-50H,7-8,17-18H2,1-6H3,(H2,37,51)(H2,38,52)/b39-35+,40-36+. The normalized spacial score (nSPS) is 13.6. The fourth-order valence-corrected chi connectivity index (χ4v) is 6.60. The number of nitrogens with two attached hydrogens (primary N) is 2. The number of primary amides is 2. The summed E-state index contributed by atoms with van der Waals surface area (Å²) in [5.74, 6) is -2.47. The Bertz CT molecular complexity index is 2450. The van der Waals surface area contributed by atoms with Crippen LogP contribution in [0.5, 0.6) is 0 Å². The number of aryl methyl sites for hydroxylation is 6. The van der Waals surface area contributed by atoms with Gasteiger partial charge in [0.25, 0.3) is 11.8 Å². The molecule has 4 aromatic heterocycles. The first kappa shape index (κ1) is 37.4. The smallest absolute Gasteiger partial charge is 0.298 e. The van der Waals surface area contributed by atoms with E-state index in [0.29, 0.717) is 46.5 Å². The molecule has 6 aromatic rings. The Morgan fingerprint density at radius 2 is 1.02 bits per heavy atom. The van der Waals surface area contributed by atoms with Crippen molar-refractivity contribution in [3.8, 4) is 0 Å². The van der Waals surface area contributed by atoms with Crippen molar-refractivity contribution >= 4 is 45.7 Å². The highest BCUT2D eigenvalue weighted by Crippen LogP contribution is 2.19. The summed E-state index contributed by atoms with van der Waals surface area (Å²) < 4.78 is 9.41. The Kier molecular flexibility index (Phi) is 10.1. The van der Waals surface area contributed by atoms with Gasteiger partial charge in [-0.1, -0.05) is 0 Å². The van der Waals surface area contributed by atoms with E-state index < -0.39 is 35.8 Å². The number of amides is 4. The number of aliphatic hydroxyl groups is 2. The van der Waals surface area contributed by atoms with Crippen LogP contribution in [-0.4, -0.2) is 83.9 Å². The van der Waals surface area contributed by atoms with Crippen molar-refractivity contribution in [1.29, 1.82) is 0 Å². The summed E-state index contributed by atoms with van der Waals surface area (Å²) in [5.41, 5.74) is 15.6. The van der Waals surface area contributed by atoms with Crippen LogP contribution in [0.2, 0.25) is 0 Å². The third kappa shape index (κ3) is 6.79. The number of carbonyl (C=O) groups excluding carboxylic acids is 4. The predicted molar refractivity (Wildman–Crippen MR) is 196 cm³/mol. The molecule has 6 rings (SSSR count). The molecule has 0 bridgehead atoms. The second kappa shape index (κ2) is 14.6. The van der Waals surface area contributed by atoms with E-state index in [2.05, 4.69) is 20.2 Å². The van der Waals surface area contributed by atoms with Crippen molar-refractivity contribution in [2.75, 3.05) is 0 Å². The molecule has 4 amide bonds. The van der Waals surface area contributed by atoms with Crippen molar-refractivity contribution in [1.82, 2.24) is 37.8 Å². The average molecular weight is 739 g/mol. The van der Waals surface area contributed by atoms with E-state index in [1.807, 2.05) is 13.8 Å². The summed E-state index contributed by atoms with van der Waals surface area (Å²) in [7, 11) is 3.31. The maximum absolute atomic E-state index is 13.6. The van der Waals surface area contributed by atoms with E-state index in [9.17, 15) is 29.4 Å². The van der Waals surface area contributed by atoms with Crippen molar-refractivity contribution in [2.24, 2.45) is 35.5 Å². The van der Waals surface area contributed by atoms with Gasteiger partial charge in [-0.3, -0.25) is 28.5 Å². The van der Waals surface area contributed by atoms with E-state index in [4.69, 9.17) is 11.5 Å². The molecule has 18 nitrogen and oxygen atoms in total. The van der Waals surface area contributed by atoms with E-state index >= 15 is 0 Å². The number of fused-ring (bicyclic) bond motifs is 2. The maximum atomic E-state index is 13.6. The third-order valence-corrected chi connectivity index (χ3v) is 9.34. The van der Waals surface area contributed by atoms with Crippen molar-refractivity contribution in [3.63, 3.8) is 0 Å². The summed E-state index contributed by atoms with van der Waals surface area (Å²) >= 11 is 0. The van der Waals surface area contributed by atoms with Crippen LogP contribution in [0.1, 0.15) is 66.9 Å². The molecule has 4 heterocycles. The molecule has 0 saturated carbocycles. The number of aromatic nitrogens is 8. The number of nitrogens with zero attached hydrogens (tertiary/aromatic N) is 10. The van der Waals surface area contributed by atoms with E-state index in [1.165, 1.54) is 21.5 Å². The van der Waals surface area contributed by atoms with Crippen LogP contribution in [0.15, 0.2) is 58.5 Å². The van der Waals surface area contributed by atoms with Gasteiger partial charge in [-0.25, -0.2) is 0 Å². The van der Waals surface area contributed by atoms with Crippen LogP contribution in [0.3, 0.4) is 0 Å². The lowest BCUT2D eigenvalue weighted by molar-refractivity contribution is -0.000154. The molecule has 2 unspecified atom stereocenters. The summed E-state index contributed by atoms with van der Waals surface area (Å²) in [6.45, 7) is 7.61. The Labute approximate surface area is 307 Å². The molecule has 0 aliphatic carbocycles. The molecule has 0 fully saturated rings. The maximum Gasteiger partial charge on any atom is 0.298 e. The van der Waals surface area contributed by atoms with Gasteiger partial charge in [0, 0.05) is 38.3 Å². The minimum atomic E-state index is -1.47. The lowest BCUT2D eigenvalue weighted by atomic mass is 10.1. The van der Waals surface area contributed by atoms with E-state index in [0.717, 1.165) is 0 Å². The number of aliphatic hydroxyl groups excluding tert-OH is 2. The molecule has 0 aliphatic heterocycles. The molecule has 54 heavy (non-hydrogen) atoms. The molecule has 0 saturated heterocycles. The van der Waals surface area contributed by atoms with Gasteiger partial charge < -0.3 is 39.9 Å². The molecular weight excluding hydrogens is 696 g/mol. The van der Waals surface area contributed by atoms with Crippen LogP contribution in [0.25, 0.3) is 22.1 Å². The van der Waals surface area contributed by atoms with Crippen LogP contribution in [0, 0.1) is 13.8 Å². The number of rotatable bonds is 11. The lowest BCUT2D eigenvalue weighted by Gasteiger charge is -2.20. The van der Waals surface area contributed by atoms with Crippen LogP contribution in [0.4, 0.5) is 0 Å². The highest BCUT2D eigenvalue weighted by molar-refractivity contribution is 5.98. The monoisotopic (exact) mass is 738 g/mol. The summed E-state index contributed by atoms with van der Waals surface area (Å²) in [6.07, 6.45) is -2.94. The Hall–Kier alpha value is -6.40. The fraction of sp³-hybridized carbons (Fsp3) is 0.333. The van der Waals surface area contributed by atoms with E-state index in [-0.39, 0.29) is 46.8 Å². The van der Waals surface area contributed by atoms with Crippen LogP contribution < -0.4 is 22.7 Å². The number of benzene rings is 2. The molecule has 0 radical (unpaired) electrons. The zero-order chi connectivity index (χ0) is 39.2. The molecule has 0 spiro atoms. The van der Waals surface area contributed by atoms with Crippen molar-refractivity contribution in [2.45, 2.75) is 66.1 Å². The van der Waals surface area contributed by atoms with Gasteiger partial charge in [0.1, 0.15) is 11.4 Å². The average Bonchev–Trinajstić information content (AvgIpc) is 3.86. The minimum absolute atomic E-state index is 0.130. The first-order chi connectivity index (χ1) is 25.6. The molecule has 2 aromatic carbocycles. The number of carbonyl (C=O) groups is 4. The quantitative estimate of drug-likeness (QED) is 0.145. The summed E-state index contributed by atoms with van der Waals surface area (Å²) in [6, 6.07) is 12.7. The van der Waals surface area contributed by atoms with Gasteiger partial charge in [-0.15, -0.1) is 0 Å². The van der Waals surface area contributed by atoms with Crippen molar-refractivity contribution in [3.05, 3.63) is 93.7 Å². The molecule has 6 N–H and O–H groups in total. The molecule has 282 valence electrons. The van der Waals surface area contributed by atoms with Gasteiger partial charge in [-0.2, -0.15) is 20.2 Å². The molecule has 18 heteroatoms. The molecular formula is C36H42N12O6. The summed E-state index contributed by atoms with van der Waals surface area (Å²) in [4.78, 5) is 60.1. The second-order valence-electron chi connectivity index (χ2n) is 13.0. The zero-order valence-electron chi connectivity index (χ0n) is 30.8. The lowest BCUT2D eigenvalue weighted by Crippen LogP contribution is -2.40. The Balaban J connectivity index is 1.44. The minimum Gasteiger partial charge on any atom is -0.388 e. The van der Waals surface area contributed by atoms with E-state index in [1.54, 1.807) is 82.6 Å². The summed E-state index contributed by atoms with van der Waals surface area (Å²) in [5, 5.41) is 32.0. The Morgan fingerprint density at radius 1 is 0.648 bits per heavy atom. The number of hydrogen-bond donors (Lipinski definition) is 4. The third-order valence-electron chi connectivity index (χ3n) is 9.34. The Morgan fingerprint density at radius 3 is 1.35 bits per heavy atom. The van der Waals surface area contributed by atoms with Gasteiger partial charge >= 0.3 is 0 Å². The predicted octanol–water partition coefficient (Wildman–Crippen LogP) is 0.425. The second-order valence-corrected chi connectivity index (χ2v) is 13.0. The van der Waals surface area contributed by atoms with Crippen LogP contribution >= 0.6 is 0 Å². The van der Waals surface area contributed by atoms with Gasteiger partial charge in [0.2, 0.25) is 23.1 Å². The molecule has 2 atom stereocenters. The number of hydrogen-bond acceptors (Lipinski definition) is 8. The largest absolute Gasteiger partial charge is 0.388 e. The topological polar surface area (TPSA) is 241 Å². The first-order valence-electron chi connectivity index (χ1n) is 17.2. The SMILES string of the molecule is CCn1nc(C)cc1C(=O)/N=c1\n(C)c2cc(C(N)=O)ccc2n1CC(O)C(O)Cn1/c(=N/C(=O)c2cc(C)nn2CC)n(C)c2cc(C(N)=O)ccc21. The van der Waals surface area contributed by atoms with Crippen molar-refractivity contribution < 1.29 is 29.4 Å². The highest BCUT2D eigenvalue weighted by atomic mass is 16.3. The highest BCUT2D eigenvalue weighted by Gasteiger charge is 2.25. The number of imidazole rings is 2.